The van der Waals surface area contributed by atoms with Crippen LogP contribution in [0.15, 0.2) is 41.8 Å². The monoisotopic (exact) mass is 306 g/mol. The fourth-order valence-electron chi connectivity index (χ4n) is 1.77. The third-order valence-corrected chi connectivity index (χ3v) is 4.02. The molecular formula is C15H18N2OS2. The normalized spacial score (nSPS) is 11.7. The number of hydrogen-bond donors (Lipinski definition) is 2. The molecule has 0 aliphatic carbocycles. The van der Waals surface area contributed by atoms with E-state index in [9.17, 15) is 0 Å². The van der Waals surface area contributed by atoms with Gasteiger partial charge in [-0.05, 0) is 61.8 Å². The molecule has 0 saturated heterocycles. The second-order valence-corrected chi connectivity index (χ2v) is 5.68. The number of nitrogens with one attached hydrogen (secondary N) is 2. The van der Waals surface area contributed by atoms with Crippen molar-refractivity contribution >= 4 is 34.4 Å². The molecule has 0 aliphatic heterocycles. The van der Waals surface area contributed by atoms with E-state index in [-0.39, 0.29) is 6.04 Å². The van der Waals surface area contributed by atoms with E-state index in [0.717, 1.165) is 11.4 Å². The maximum atomic E-state index is 5.40. The first kappa shape index (κ1) is 14.8. The molecule has 1 atom stereocenters. The van der Waals surface area contributed by atoms with E-state index in [1.807, 2.05) is 37.3 Å². The molecule has 0 fully saturated rings. The lowest BCUT2D eigenvalue weighted by atomic mass is 10.3. The van der Waals surface area contributed by atoms with E-state index in [0.29, 0.717) is 11.7 Å². The van der Waals surface area contributed by atoms with Gasteiger partial charge < -0.3 is 15.4 Å². The minimum atomic E-state index is 0.206. The van der Waals surface area contributed by atoms with Crippen LogP contribution in [0.1, 0.15) is 24.8 Å². The Morgan fingerprint density at radius 1 is 1.30 bits per heavy atom. The maximum absolute atomic E-state index is 5.40. The summed E-state index contributed by atoms with van der Waals surface area (Å²) in [7, 11) is 0. The topological polar surface area (TPSA) is 33.3 Å². The zero-order valence-electron chi connectivity index (χ0n) is 11.6. The SMILES string of the molecule is CCOc1ccc(NC(=S)N[C@@H](C)c2cccs2)cc1. The molecule has 0 spiro atoms. The van der Waals surface area contributed by atoms with Crippen LogP contribution in [-0.4, -0.2) is 11.7 Å². The van der Waals surface area contributed by atoms with Crippen LogP contribution in [-0.2, 0) is 0 Å². The van der Waals surface area contributed by atoms with Crippen molar-refractivity contribution in [3.8, 4) is 5.75 Å². The molecule has 1 heterocycles. The Kier molecular flexibility index (Phi) is 5.38. The second kappa shape index (κ2) is 7.26. The highest BCUT2D eigenvalue weighted by atomic mass is 32.1. The van der Waals surface area contributed by atoms with E-state index in [4.69, 9.17) is 17.0 Å². The largest absolute Gasteiger partial charge is 0.494 e. The van der Waals surface area contributed by atoms with Crippen LogP contribution in [0.25, 0.3) is 0 Å². The van der Waals surface area contributed by atoms with Crippen LogP contribution in [0.2, 0.25) is 0 Å². The van der Waals surface area contributed by atoms with Gasteiger partial charge in [0, 0.05) is 10.6 Å². The molecule has 1 aromatic carbocycles. The van der Waals surface area contributed by atoms with Crippen LogP contribution in [0, 0.1) is 0 Å². The van der Waals surface area contributed by atoms with Crippen molar-refractivity contribution in [2.24, 2.45) is 0 Å². The number of ether oxygens (including phenoxy) is 1. The van der Waals surface area contributed by atoms with Gasteiger partial charge in [0.05, 0.1) is 12.6 Å². The molecule has 0 bridgehead atoms. The Morgan fingerprint density at radius 3 is 2.65 bits per heavy atom. The molecule has 2 rings (SSSR count). The van der Waals surface area contributed by atoms with Crippen LogP contribution >= 0.6 is 23.6 Å². The predicted octanol–water partition coefficient (Wildman–Crippen LogP) is 4.19. The Morgan fingerprint density at radius 2 is 2.05 bits per heavy atom. The van der Waals surface area contributed by atoms with Gasteiger partial charge in [-0.25, -0.2) is 0 Å². The summed E-state index contributed by atoms with van der Waals surface area (Å²) in [5.41, 5.74) is 0.948. The first-order chi connectivity index (χ1) is 9.69. The molecule has 0 radical (unpaired) electrons. The Bertz CT molecular complexity index is 538. The molecule has 0 aliphatic rings. The third-order valence-electron chi connectivity index (χ3n) is 2.74. The van der Waals surface area contributed by atoms with Crippen molar-refractivity contribution < 1.29 is 4.74 Å². The van der Waals surface area contributed by atoms with Gasteiger partial charge in [0.1, 0.15) is 5.75 Å². The van der Waals surface area contributed by atoms with Crippen molar-refractivity contribution in [1.29, 1.82) is 0 Å². The smallest absolute Gasteiger partial charge is 0.171 e. The summed E-state index contributed by atoms with van der Waals surface area (Å²) in [6.07, 6.45) is 0. The van der Waals surface area contributed by atoms with Crippen LogP contribution in [0.4, 0.5) is 5.69 Å². The lowest BCUT2D eigenvalue weighted by molar-refractivity contribution is 0.340. The standard InChI is InChI=1S/C15H18N2OS2/c1-3-18-13-8-6-12(7-9-13)17-15(19)16-11(2)14-5-4-10-20-14/h4-11H,3H2,1-2H3,(H2,16,17,19)/t11-/m0/s1. The number of thiocarbonyl (C=S) groups is 1. The molecule has 2 aromatic rings. The van der Waals surface area contributed by atoms with Gasteiger partial charge in [0.2, 0.25) is 0 Å². The zero-order chi connectivity index (χ0) is 14.4. The minimum Gasteiger partial charge on any atom is -0.494 e. The lowest BCUT2D eigenvalue weighted by Gasteiger charge is -2.16. The van der Waals surface area contributed by atoms with Gasteiger partial charge >= 0.3 is 0 Å². The van der Waals surface area contributed by atoms with Gasteiger partial charge in [-0.15, -0.1) is 11.3 Å². The van der Waals surface area contributed by atoms with Crippen molar-refractivity contribution in [2.45, 2.75) is 19.9 Å². The quantitative estimate of drug-likeness (QED) is 0.811. The van der Waals surface area contributed by atoms with E-state index in [2.05, 4.69) is 29.0 Å². The lowest BCUT2D eigenvalue weighted by Crippen LogP contribution is -2.30. The molecule has 0 unspecified atom stereocenters. The summed E-state index contributed by atoms with van der Waals surface area (Å²) in [6, 6.07) is 12.1. The Hall–Kier alpha value is -1.59. The number of hydrogen-bond acceptors (Lipinski definition) is 3. The molecule has 2 N–H and O–H groups in total. The summed E-state index contributed by atoms with van der Waals surface area (Å²) >= 11 is 7.04. The van der Waals surface area contributed by atoms with Crippen molar-refractivity contribution in [2.75, 3.05) is 11.9 Å². The highest BCUT2D eigenvalue weighted by Gasteiger charge is 2.07. The number of rotatable bonds is 5. The number of thiophene rings is 1. The van der Waals surface area contributed by atoms with Gasteiger partial charge in [-0.2, -0.15) is 0 Å². The number of anilines is 1. The summed E-state index contributed by atoms with van der Waals surface area (Å²) in [5.74, 6) is 0.865. The molecule has 106 valence electrons. The van der Waals surface area contributed by atoms with Gasteiger partial charge in [-0.1, -0.05) is 6.07 Å². The highest BCUT2D eigenvalue weighted by molar-refractivity contribution is 7.80. The van der Waals surface area contributed by atoms with E-state index in [1.165, 1.54) is 4.88 Å². The van der Waals surface area contributed by atoms with E-state index < -0.39 is 0 Å². The van der Waals surface area contributed by atoms with E-state index >= 15 is 0 Å². The Labute approximate surface area is 129 Å². The molecule has 0 saturated carbocycles. The molecule has 20 heavy (non-hydrogen) atoms. The predicted molar refractivity (Wildman–Crippen MR) is 89.7 cm³/mol. The third kappa shape index (κ3) is 4.21. The maximum Gasteiger partial charge on any atom is 0.171 e. The van der Waals surface area contributed by atoms with Crippen molar-refractivity contribution in [1.82, 2.24) is 5.32 Å². The Balaban J connectivity index is 1.87. The first-order valence-electron chi connectivity index (χ1n) is 6.53. The van der Waals surface area contributed by atoms with Crippen LogP contribution in [0.5, 0.6) is 5.75 Å². The van der Waals surface area contributed by atoms with Gasteiger partial charge in [0.25, 0.3) is 0 Å². The molecule has 3 nitrogen and oxygen atoms in total. The van der Waals surface area contributed by atoms with Gasteiger partial charge in [-0.3, -0.25) is 0 Å². The van der Waals surface area contributed by atoms with Crippen molar-refractivity contribution in [3.05, 3.63) is 46.7 Å². The fraction of sp³-hybridized carbons (Fsp3) is 0.267. The zero-order valence-corrected chi connectivity index (χ0v) is 13.2. The van der Waals surface area contributed by atoms with Crippen LogP contribution in [0.3, 0.4) is 0 Å². The summed E-state index contributed by atoms with van der Waals surface area (Å²) < 4.78 is 5.40. The molecule has 1 aromatic heterocycles. The van der Waals surface area contributed by atoms with Crippen LogP contribution < -0.4 is 15.4 Å². The summed E-state index contributed by atoms with van der Waals surface area (Å²) in [6.45, 7) is 4.74. The highest BCUT2D eigenvalue weighted by Crippen LogP contribution is 2.19. The van der Waals surface area contributed by atoms with Crippen molar-refractivity contribution in [3.63, 3.8) is 0 Å². The molecule has 5 heteroatoms. The average Bonchev–Trinajstić information content (AvgIpc) is 2.95. The summed E-state index contributed by atoms with van der Waals surface area (Å²) in [5, 5.41) is 9.13. The first-order valence-corrected chi connectivity index (χ1v) is 7.81. The second-order valence-electron chi connectivity index (χ2n) is 4.29. The molecular weight excluding hydrogens is 288 g/mol. The minimum absolute atomic E-state index is 0.206. The fourth-order valence-corrected chi connectivity index (χ4v) is 2.80. The molecule has 0 amide bonds. The number of benzene rings is 1. The summed E-state index contributed by atoms with van der Waals surface area (Å²) in [4.78, 5) is 1.26. The van der Waals surface area contributed by atoms with E-state index in [1.54, 1.807) is 11.3 Å². The average molecular weight is 306 g/mol. The van der Waals surface area contributed by atoms with Gasteiger partial charge in [0.15, 0.2) is 5.11 Å².